The number of rotatable bonds is 3. The van der Waals surface area contributed by atoms with E-state index < -0.39 is 24.7 Å². The molecule has 112 valence electrons. The van der Waals surface area contributed by atoms with Crippen molar-refractivity contribution in [2.24, 2.45) is 0 Å². The standard InChI is InChI=1S/C12H11F3N4OS/c13-12(14,15)5-19-3-1-8(11(19)20)18-9-7-2-4-21-10(7)17-6-16-9/h2,4,6,8H,1,3,5H2,(H,16,17,18). The Kier molecular flexibility index (Phi) is 3.44. The van der Waals surface area contributed by atoms with E-state index in [0.29, 0.717) is 12.2 Å². The second kappa shape index (κ2) is 5.14. The molecule has 3 rings (SSSR count). The van der Waals surface area contributed by atoms with Gasteiger partial charge in [-0.05, 0) is 17.9 Å². The second-order valence-corrected chi connectivity index (χ2v) is 5.62. The van der Waals surface area contributed by atoms with Crippen LogP contribution in [0.1, 0.15) is 6.42 Å². The van der Waals surface area contributed by atoms with Crippen LogP contribution in [-0.2, 0) is 4.79 Å². The molecule has 1 saturated heterocycles. The summed E-state index contributed by atoms with van der Waals surface area (Å²) >= 11 is 1.43. The zero-order chi connectivity index (χ0) is 15.0. The highest BCUT2D eigenvalue weighted by molar-refractivity contribution is 7.16. The number of nitrogens with one attached hydrogen (secondary N) is 1. The van der Waals surface area contributed by atoms with Gasteiger partial charge in [-0.3, -0.25) is 4.79 Å². The smallest absolute Gasteiger partial charge is 0.358 e. The van der Waals surface area contributed by atoms with Gasteiger partial charge in [0.1, 0.15) is 29.6 Å². The van der Waals surface area contributed by atoms with Gasteiger partial charge in [-0.15, -0.1) is 11.3 Å². The van der Waals surface area contributed by atoms with E-state index in [1.54, 1.807) is 0 Å². The number of hydrogen-bond donors (Lipinski definition) is 1. The molecule has 0 spiro atoms. The molecule has 0 aliphatic carbocycles. The van der Waals surface area contributed by atoms with E-state index in [4.69, 9.17) is 0 Å². The molecule has 1 fully saturated rings. The molecular formula is C12H11F3N4OS. The van der Waals surface area contributed by atoms with Gasteiger partial charge in [-0.25, -0.2) is 9.97 Å². The molecule has 9 heteroatoms. The third kappa shape index (κ3) is 2.92. The molecule has 1 unspecified atom stereocenters. The summed E-state index contributed by atoms with van der Waals surface area (Å²) in [4.78, 5) is 21.7. The number of aromatic nitrogens is 2. The van der Waals surface area contributed by atoms with Gasteiger partial charge in [0.25, 0.3) is 0 Å². The summed E-state index contributed by atoms with van der Waals surface area (Å²) in [6.45, 7) is -1.12. The zero-order valence-corrected chi connectivity index (χ0v) is 11.5. The van der Waals surface area contributed by atoms with E-state index >= 15 is 0 Å². The SMILES string of the molecule is O=C1C(Nc2ncnc3sccc23)CCN1CC(F)(F)F. The lowest BCUT2D eigenvalue weighted by atomic mass is 10.2. The molecule has 0 radical (unpaired) electrons. The molecule has 0 bridgehead atoms. The third-order valence-electron chi connectivity index (χ3n) is 3.24. The highest BCUT2D eigenvalue weighted by Gasteiger charge is 2.39. The number of anilines is 1. The Labute approximate surface area is 121 Å². The Bertz CT molecular complexity index is 672. The van der Waals surface area contributed by atoms with Crippen LogP contribution in [0.4, 0.5) is 19.0 Å². The highest BCUT2D eigenvalue weighted by Crippen LogP contribution is 2.27. The van der Waals surface area contributed by atoms with Gasteiger partial charge in [0.15, 0.2) is 0 Å². The first-order chi connectivity index (χ1) is 9.94. The monoisotopic (exact) mass is 316 g/mol. The largest absolute Gasteiger partial charge is 0.406 e. The maximum Gasteiger partial charge on any atom is 0.406 e. The van der Waals surface area contributed by atoms with Gasteiger partial charge in [0.2, 0.25) is 5.91 Å². The third-order valence-corrected chi connectivity index (χ3v) is 4.06. The van der Waals surface area contributed by atoms with E-state index in [1.807, 2.05) is 11.4 Å². The number of alkyl halides is 3. The van der Waals surface area contributed by atoms with Crippen molar-refractivity contribution in [3.05, 3.63) is 17.8 Å². The van der Waals surface area contributed by atoms with E-state index in [9.17, 15) is 18.0 Å². The molecule has 1 aliphatic heterocycles. The molecule has 1 N–H and O–H groups in total. The van der Waals surface area contributed by atoms with Crippen LogP contribution in [-0.4, -0.2) is 46.1 Å². The van der Waals surface area contributed by atoms with Crippen molar-refractivity contribution in [2.45, 2.75) is 18.6 Å². The van der Waals surface area contributed by atoms with Crippen molar-refractivity contribution in [3.63, 3.8) is 0 Å². The van der Waals surface area contributed by atoms with Crippen molar-refractivity contribution >= 4 is 33.3 Å². The quantitative estimate of drug-likeness (QED) is 0.944. The first-order valence-corrected chi connectivity index (χ1v) is 7.12. The average molecular weight is 316 g/mol. The molecule has 2 aromatic heterocycles. The van der Waals surface area contributed by atoms with Crippen molar-refractivity contribution in [3.8, 4) is 0 Å². The summed E-state index contributed by atoms with van der Waals surface area (Å²) in [5.74, 6) is -0.0669. The van der Waals surface area contributed by atoms with Crippen LogP contribution >= 0.6 is 11.3 Å². The van der Waals surface area contributed by atoms with Crippen LogP contribution < -0.4 is 5.32 Å². The molecule has 5 nitrogen and oxygen atoms in total. The fourth-order valence-corrected chi connectivity index (χ4v) is 3.05. The molecular weight excluding hydrogens is 305 g/mol. The lowest BCUT2D eigenvalue weighted by Crippen LogP contribution is -2.39. The van der Waals surface area contributed by atoms with Crippen LogP contribution in [0.5, 0.6) is 0 Å². The molecule has 21 heavy (non-hydrogen) atoms. The zero-order valence-electron chi connectivity index (χ0n) is 10.7. The van der Waals surface area contributed by atoms with Crippen molar-refractivity contribution in [1.82, 2.24) is 14.9 Å². The maximum atomic E-state index is 12.4. The average Bonchev–Trinajstić information content (AvgIpc) is 2.99. The van der Waals surface area contributed by atoms with Crippen LogP contribution in [0.3, 0.4) is 0 Å². The van der Waals surface area contributed by atoms with Crippen LogP contribution in [0.15, 0.2) is 17.8 Å². The maximum absolute atomic E-state index is 12.4. The van der Waals surface area contributed by atoms with Crippen molar-refractivity contribution in [1.29, 1.82) is 0 Å². The van der Waals surface area contributed by atoms with Crippen molar-refractivity contribution < 1.29 is 18.0 Å². The number of likely N-dealkylation sites (tertiary alicyclic amines) is 1. The first-order valence-electron chi connectivity index (χ1n) is 6.24. The Morgan fingerprint density at radius 3 is 3.00 bits per heavy atom. The fraction of sp³-hybridized carbons (Fsp3) is 0.417. The normalized spacial score (nSPS) is 19.5. The molecule has 1 amide bonds. The van der Waals surface area contributed by atoms with Gasteiger partial charge in [0, 0.05) is 6.54 Å². The summed E-state index contributed by atoms with van der Waals surface area (Å²) in [6, 6.07) is 1.14. The Morgan fingerprint density at radius 1 is 1.43 bits per heavy atom. The van der Waals surface area contributed by atoms with E-state index in [2.05, 4.69) is 15.3 Å². The van der Waals surface area contributed by atoms with Crippen LogP contribution in [0.25, 0.3) is 10.2 Å². The summed E-state index contributed by atoms with van der Waals surface area (Å²) < 4.78 is 37.1. The minimum absolute atomic E-state index is 0.0911. The molecule has 1 aliphatic rings. The minimum Gasteiger partial charge on any atom is -0.358 e. The molecule has 3 heterocycles. The minimum atomic E-state index is -4.37. The number of hydrogen-bond acceptors (Lipinski definition) is 5. The molecule has 0 aromatic carbocycles. The topological polar surface area (TPSA) is 58.1 Å². The lowest BCUT2D eigenvalue weighted by Gasteiger charge is -2.18. The number of fused-ring (bicyclic) bond motifs is 1. The fourth-order valence-electron chi connectivity index (χ4n) is 2.32. The molecule has 0 saturated carbocycles. The number of thiophene rings is 1. The van der Waals surface area contributed by atoms with Gasteiger partial charge >= 0.3 is 6.18 Å². The van der Waals surface area contributed by atoms with Gasteiger partial charge in [-0.2, -0.15) is 13.2 Å². The molecule has 1 atom stereocenters. The van der Waals surface area contributed by atoms with Crippen molar-refractivity contribution in [2.75, 3.05) is 18.4 Å². The summed E-state index contributed by atoms with van der Waals surface area (Å²) in [6.07, 6.45) is -2.68. The van der Waals surface area contributed by atoms with E-state index in [0.717, 1.165) is 15.1 Å². The lowest BCUT2D eigenvalue weighted by molar-refractivity contribution is -0.157. The Morgan fingerprint density at radius 2 is 2.24 bits per heavy atom. The number of carbonyl (C=O) groups is 1. The summed E-state index contributed by atoms with van der Waals surface area (Å²) in [7, 11) is 0. The first kappa shape index (κ1) is 14.1. The van der Waals surface area contributed by atoms with Gasteiger partial charge in [-0.1, -0.05) is 0 Å². The number of nitrogens with zero attached hydrogens (tertiary/aromatic N) is 3. The summed E-state index contributed by atoms with van der Waals surface area (Å²) in [5.41, 5.74) is 0. The molecule has 2 aromatic rings. The Hall–Kier alpha value is -1.90. The van der Waals surface area contributed by atoms with E-state index in [1.165, 1.54) is 17.7 Å². The van der Waals surface area contributed by atoms with Crippen LogP contribution in [0, 0.1) is 0 Å². The Balaban J connectivity index is 1.74. The number of amides is 1. The predicted octanol–water partition coefficient (Wildman–Crippen LogP) is 2.27. The second-order valence-electron chi connectivity index (χ2n) is 4.72. The van der Waals surface area contributed by atoms with Gasteiger partial charge in [0.05, 0.1) is 5.39 Å². The van der Waals surface area contributed by atoms with Crippen LogP contribution in [0.2, 0.25) is 0 Å². The number of carbonyl (C=O) groups excluding carboxylic acids is 1. The highest BCUT2D eigenvalue weighted by atomic mass is 32.1. The van der Waals surface area contributed by atoms with Gasteiger partial charge < -0.3 is 10.2 Å². The summed E-state index contributed by atoms with van der Waals surface area (Å²) in [5, 5.41) is 5.54. The predicted molar refractivity (Wildman–Crippen MR) is 72.1 cm³/mol. The number of halogens is 3. The van der Waals surface area contributed by atoms with E-state index in [-0.39, 0.29) is 6.54 Å².